The molecule has 0 aliphatic rings. The first-order valence-corrected chi connectivity index (χ1v) is 2.99. The lowest BCUT2D eigenvalue weighted by molar-refractivity contribution is 1.05. The van der Waals surface area contributed by atoms with Crippen molar-refractivity contribution in [2.75, 3.05) is 0 Å². The molecule has 0 fully saturated rings. The summed E-state index contributed by atoms with van der Waals surface area (Å²) in [5.41, 5.74) is 2.49. The largest absolute Gasteiger partial charge is 0.278 e. The van der Waals surface area contributed by atoms with Crippen molar-refractivity contribution in [2.24, 2.45) is 0 Å². The fourth-order valence-electron chi connectivity index (χ4n) is 0.867. The second-order valence-electron chi connectivity index (χ2n) is 2.08. The van der Waals surface area contributed by atoms with E-state index >= 15 is 0 Å². The number of nitrogens with one attached hydrogen (secondary N) is 1. The summed E-state index contributed by atoms with van der Waals surface area (Å²) in [5.74, 6) is 0. The number of aromatic nitrogens is 4. The predicted octanol–water partition coefficient (Wildman–Crippen LogP) is 0.661. The summed E-state index contributed by atoms with van der Waals surface area (Å²) in [4.78, 5) is 8.08. The lowest BCUT2D eigenvalue weighted by Crippen LogP contribution is -1.77. The van der Waals surface area contributed by atoms with Gasteiger partial charge in [0, 0.05) is 12.4 Å². The second-order valence-corrected chi connectivity index (χ2v) is 2.08. The maximum absolute atomic E-state index is 4.08. The van der Waals surface area contributed by atoms with Gasteiger partial charge in [-0.15, -0.1) is 0 Å². The van der Waals surface area contributed by atoms with E-state index in [4.69, 9.17) is 0 Å². The lowest BCUT2D eigenvalue weighted by Gasteiger charge is -1.83. The normalized spacial score (nSPS) is 10.5. The molecule has 2 aromatic heterocycles. The van der Waals surface area contributed by atoms with Gasteiger partial charge < -0.3 is 0 Å². The molecule has 0 spiro atoms. The molecule has 10 heavy (non-hydrogen) atoms. The molecular formula is C6H6N4. The number of hydrogen-bond acceptors (Lipinski definition) is 3. The monoisotopic (exact) mass is 134 g/mol. The Labute approximate surface area is 57.3 Å². The van der Waals surface area contributed by atoms with Crippen molar-refractivity contribution < 1.29 is 0 Å². The van der Waals surface area contributed by atoms with E-state index in [9.17, 15) is 0 Å². The van der Waals surface area contributed by atoms with Crippen molar-refractivity contribution in [3.8, 4) is 0 Å². The van der Waals surface area contributed by atoms with Crippen LogP contribution in [-0.2, 0) is 0 Å². The fourth-order valence-corrected chi connectivity index (χ4v) is 0.867. The van der Waals surface area contributed by atoms with Crippen LogP contribution < -0.4 is 0 Å². The van der Waals surface area contributed by atoms with Gasteiger partial charge in [-0.25, -0.2) is 9.97 Å². The summed E-state index contributed by atoms with van der Waals surface area (Å²) in [6.45, 7) is 1.92. The van der Waals surface area contributed by atoms with Crippen molar-refractivity contribution in [3.05, 3.63) is 18.1 Å². The molecule has 0 saturated heterocycles. The van der Waals surface area contributed by atoms with Crippen LogP contribution >= 0.6 is 0 Å². The third-order valence-electron chi connectivity index (χ3n) is 1.36. The molecule has 4 heteroatoms. The zero-order valence-electron chi connectivity index (χ0n) is 5.50. The molecule has 0 atom stereocenters. The molecule has 0 saturated carbocycles. The van der Waals surface area contributed by atoms with E-state index in [1.54, 1.807) is 12.4 Å². The maximum atomic E-state index is 4.08. The van der Waals surface area contributed by atoms with Crippen LogP contribution in [0.15, 0.2) is 12.4 Å². The summed E-state index contributed by atoms with van der Waals surface area (Å²) >= 11 is 0. The summed E-state index contributed by atoms with van der Waals surface area (Å²) in [6, 6.07) is 0. The molecule has 50 valence electrons. The summed E-state index contributed by atoms with van der Waals surface area (Å²) in [5, 5.41) is 6.72. The molecule has 0 aliphatic carbocycles. The number of rotatable bonds is 0. The summed E-state index contributed by atoms with van der Waals surface area (Å²) in [6.07, 6.45) is 3.29. The Kier molecular flexibility index (Phi) is 0.943. The lowest BCUT2D eigenvalue weighted by atomic mass is 10.4. The van der Waals surface area contributed by atoms with E-state index in [0.29, 0.717) is 5.65 Å². The molecule has 0 aliphatic heterocycles. The van der Waals surface area contributed by atoms with Crippen LogP contribution in [0.3, 0.4) is 0 Å². The minimum absolute atomic E-state index is 0.681. The van der Waals surface area contributed by atoms with Gasteiger partial charge in [0.2, 0.25) is 0 Å². The Balaban J connectivity index is 2.93. The number of H-pyrrole nitrogens is 1. The SMILES string of the molecule is Cc1[nH]nc2nccnc12. The van der Waals surface area contributed by atoms with Gasteiger partial charge in [0.05, 0.1) is 5.69 Å². The van der Waals surface area contributed by atoms with E-state index in [2.05, 4.69) is 20.2 Å². The van der Waals surface area contributed by atoms with E-state index < -0.39 is 0 Å². The van der Waals surface area contributed by atoms with Crippen molar-refractivity contribution in [1.29, 1.82) is 0 Å². The minimum Gasteiger partial charge on any atom is -0.278 e. The molecule has 0 unspecified atom stereocenters. The molecule has 1 N–H and O–H groups in total. The maximum Gasteiger partial charge on any atom is 0.199 e. The smallest absolute Gasteiger partial charge is 0.199 e. The van der Waals surface area contributed by atoms with E-state index in [0.717, 1.165) is 11.2 Å². The molecule has 0 amide bonds. The minimum atomic E-state index is 0.681. The highest BCUT2D eigenvalue weighted by atomic mass is 15.2. The predicted molar refractivity (Wildman–Crippen MR) is 36.4 cm³/mol. The Hall–Kier alpha value is -1.45. The molecular weight excluding hydrogens is 128 g/mol. The number of aromatic amines is 1. The van der Waals surface area contributed by atoms with Gasteiger partial charge in [-0.05, 0) is 6.92 Å². The third kappa shape index (κ3) is 0.586. The Bertz CT molecular complexity index is 351. The highest BCUT2D eigenvalue weighted by molar-refractivity contribution is 5.71. The van der Waals surface area contributed by atoms with Gasteiger partial charge in [0.25, 0.3) is 0 Å². The quantitative estimate of drug-likeness (QED) is 0.575. The Morgan fingerprint density at radius 3 is 2.90 bits per heavy atom. The van der Waals surface area contributed by atoms with Crippen molar-refractivity contribution in [1.82, 2.24) is 20.2 Å². The first kappa shape index (κ1) is 5.34. The number of aryl methyl sites for hydroxylation is 1. The zero-order valence-corrected chi connectivity index (χ0v) is 5.50. The third-order valence-corrected chi connectivity index (χ3v) is 1.36. The first-order chi connectivity index (χ1) is 4.88. The van der Waals surface area contributed by atoms with E-state index in [1.165, 1.54) is 0 Å². The van der Waals surface area contributed by atoms with Gasteiger partial charge in [-0.2, -0.15) is 5.10 Å². The second kappa shape index (κ2) is 1.76. The van der Waals surface area contributed by atoms with Crippen molar-refractivity contribution in [3.63, 3.8) is 0 Å². The van der Waals surface area contributed by atoms with Gasteiger partial charge in [0.15, 0.2) is 5.65 Å². The van der Waals surface area contributed by atoms with E-state index in [1.807, 2.05) is 6.92 Å². The molecule has 4 nitrogen and oxygen atoms in total. The molecule has 2 heterocycles. The standard InChI is InChI=1S/C6H6N4/c1-4-5-6(10-9-4)8-3-2-7-5/h2-3H,1H3,(H,8,9,10). The van der Waals surface area contributed by atoms with Gasteiger partial charge in [-0.1, -0.05) is 0 Å². The van der Waals surface area contributed by atoms with Crippen LogP contribution in [0, 0.1) is 6.92 Å². The van der Waals surface area contributed by atoms with E-state index in [-0.39, 0.29) is 0 Å². The zero-order chi connectivity index (χ0) is 6.97. The van der Waals surface area contributed by atoms with Crippen LogP contribution in [-0.4, -0.2) is 20.2 Å². The van der Waals surface area contributed by atoms with Crippen molar-refractivity contribution in [2.45, 2.75) is 6.92 Å². The highest BCUT2D eigenvalue weighted by Gasteiger charge is 1.99. The average Bonchev–Trinajstić information content (AvgIpc) is 2.34. The van der Waals surface area contributed by atoms with Crippen LogP contribution in [0.5, 0.6) is 0 Å². The molecule has 0 aromatic carbocycles. The Morgan fingerprint density at radius 2 is 2.10 bits per heavy atom. The molecule has 2 aromatic rings. The molecule has 0 bridgehead atoms. The molecule has 2 rings (SSSR count). The number of fused-ring (bicyclic) bond motifs is 1. The van der Waals surface area contributed by atoms with Gasteiger partial charge in [-0.3, -0.25) is 5.10 Å². The Morgan fingerprint density at radius 1 is 1.30 bits per heavy atom. The highest BCUT2D eigenvalue weighted by Crippen LogP contribution is 2.06. The van der Waals surface area contributed by atoms with Gasteiger partial charge >= 0.3 is 0 Å². The van der Waals surface area contributed by atoms with Crippen LogP contribution in [0.2, 0.25) is 0 Å². The van der Waals surface area contributed by atoms with Crippen LogP contribution in [0.1, 0.15) is 5.69 Å². The van der Waals surface area contributed by atoms with Crippen LogP contribution in [0.4, 0.5) is 0 Å². The summed E-state index contributed by atoms with van der Waals surface area (Å²) in [7, 11) is 0. The summed E-state index contributed by atoms with van der Waals surface area (Å²) < 4.78 is 0. The first-order valence-electron chi connectivity index (χ1n) is 2.99. The molecule has 0 radical (unpaired) electrons. The van der Waals surface area contributed by atoms with Crippen molar-refractivity contribution >= 4 is 11.2 Å². The number of nitrogens with zero attached hydrogens (tertiary/aromatic N) is 3. The topological polar surface area (TPSA) is 54.5 Å². The van der Waals surface area contributed by atoms with Gasteiger partial charge in [0.1, 0.15) is 5.52 Å². The fraction of sp³-hybridized carbons (Fsp3) is 0.167. The number of hydrogen-bond donors (Lipinski definition) is 1. The average molecular weight is 134 g/mol. The van der Waals surface area contributed by atoms with Crippen LogP contribution in [0.25, 0.3) is 11.2 Å².